The molecule has 0 heterocycles. The van der Waals surface area contributed by atoms with E-state index in [-0.39, 0.29) is 6.04 Å². The van der Waals surface area contributed by atoms with Gasteiger partial charge < -0.3 is 4.74 Å². The fraction of sp³-hybridized carbons (Fsp3) is 0.385. The second-order valence-corrected chi connectivity index (χ2v) is 4.27. The Labute approximate surface area is 102 Å². The second-order valence-electron chi connectivity index (χ2n) is 3.42. The van der Waals surface area contributed by atoms with Crippen LogP contribution in [0.4, 0.5) is 0 Å². The Bertz CT molecular complexity index is 384. The first kappa shape index (κ1) is 13.0. The summed E-state index contributed by atoms with van der Waals surface area (Å²) in [6, 6.07) is 6.47. The molecule has 1 rings (SSSR count). The van der Waals surface area contributed by atoms with Gasteiger partial charge in [-0.05, 0) is 30.9 Å². The zero-order valence-electron chi connectivity index (χ0n) is 9.91. The average Bonchev–Trinajstić information content (AvgIpc) is 2.34. The monoisotopic (exact) mass is 235 g/mol. The van der Waals surface area contributed by atoms with Gasteiger partial charge in [-0.25, -0.2) is 0 Å². The summed E-state index contributed by atoms with van der Waals surface area (Å²) in [6.45, 7) is 2.67. The van der Waals surface area contributed by atoms with Crippen molar-refractivity contribution in [1.29, 1.82) is 0 Å². The lowest BCUT2D eigenvalue weighted by Crippen LogP contribution is -2.18. The molecule has 0 fully saturated rings. The van der Waals surface area contributed by atoms with Crippen LogP contribution in [0.1, 0.15) is 18.5 Å². The van der Waals surface area contributed by atoms with Gasteiger partial charge in [0.1, 0.15) is 5.75 Å². The third-order valence-electron chi connectivity index (χ3n) is 2.42. The summed E-state index contributed by atoms with van der Waals surface area (Å²) in [5, 5.41) is 3.24. The van der Waals surface area contributed by atoms with E-state index in [1.807, 2.05) is 6.26 Å². The van der Waals surface area contributed by atoms with Crippen LogP contribution < -0.4 is 10.1 Å². The van der Waals surface area contributed by atoms with Crippen molar-refractivity contribution in [3.05, 3.63) is 23.8 Å². The van der Waals surface area contributed by atoms with E-state index in [0.29, 0.717) is 6.54 Å². The molecule has 0 aliphatic rings. The van der Waals surface area contributed by atoms with E-state index in [9.17, 15) is 0 Å². The molecule has 0 amide bonds. The van der Waals surface area contributed by atoms with Gasteiger partial charge in [-0.1, -0.05) is 12.0 Å². The normalized spacial score (nSPS) is 11.9. The Morgan fingerprint density at radius 1 is 1.56 bits per heavy atom. The van der Waals surface area contributed by atoms with Gasteiger partial charge in [0.2, 0.25) is 0 Å². The summed E-state index contributed by atoms with van der Waals surface area (Å²) in [4.78, 5) is 1.15. The minimum Gasteiger partial charge on any atom is -0.496 e. The molecule has 0 radical (unpaired) electrons. The predicted molar refractivity (Wildman–Crippen MR) is 70.0 cm³/mol. The zero-order chi connectivity index (χ0) is 12.0. The maximum Gasteiger partial charge on any atom is 0.132 e. The van der Waals surface area contributed by atoms with Gasteiger partial charge in [0.05, 0.1) is 13.7 Å². The number of rotatable bonds is 5. The van der Waals surface area contributed by atoms with Crippen LogP contribution in [-0.4, -0.2) is 19.9 Å². The summed E-state index contributed by atoms with van der Waals surface area (Å²) in [6.07, 6.45) is 7.26. The number of thioether (sulfide) groups is 1. The van der Waals surface area contributed by atoms with E-state index < -0.39 is 0 Å². The van der Waals surface area contributed by atoms with Gasteiger partial charge in [0.15, 0.2) is 0 Å². The fourth-order valence-corrected chi connectivity index (χ4v) is 2.00. The number of terminal acetylenes is 1. The van der Waals surface area contributed by atoms with Crippen molar-refractivity contribution in [2.24, 2.45) is 0 Å². The molecule has 1 unspecified atom stereocenters. The van der Waals surface area contributed by atoms with Crippen LogP contribution in [-0.2, 0) is 0 Å². The van der Waals surface area contributed by atoms with Crippen LogP contribution in [0.5, 0.6) is 5.75 Å². The molecule has 0 aliphatic heterocycles. The molecular weight excluding hydrogens is 218 g/mol. The van der Waals surface area contributed by atoms with E-state index >= 15 is 0 Å². The molecule has 2 nitrogen and oxygen atoms in total. The third kappa shape index (κ3) is 3.19. The molecule has 0 bridgehead atoms. The highest BCUT2D eigenvalue weighted by molar-refractivity contribution is 7.98. The SMILES string of the molecule is C#CCNC(C)c1ccc(SC)c(OC)c1. The lowest BCUT2D eigenvalue weighted by atomic mass is 10.1. The average molecular weight is 235 g/mol. The zero-order valence-corrected chi connectivity index (χ0v) is 10.7. The highest BCUT2D eigenvalue weighted by atomic mass is 32.2. The number of nitrogens with one attached hydrogen (secondary N) is 1. The highest BCUT2D eigenvalue weighted by Gasteiger charge is 2.08. The van der Waals surface area contributed by atoms with Gasteiger partial charge in [0.25, 0.3) is 0 Å². The number of benzene rings is 1. The Morgan fingerprint density at radius 3 is 2.88 bits per heavy atom. The van der Waals surface area contributed by atoms with E-state index in [4.69, 9.17) is 11.2 Å². The Balaban J connectivity index is 2.86. The van der Waals surface area contributed by atoms with Gasteiger partial charge >= 0.3 is 0 Å². The highest BCUT2D eigenvalue weighted by Crippen LogP contribution is 2.30. The van der Waals surface area contributed by atoms with Crippen molar-refractivity contribution in [3.63, 3.8) is 0 Å². The summed E-state index contributed by atoms with van der Waals surface area (Å²) in [7, 11) is 1.69. The molecule has 0 saturated heterocycles. The Morgan fingerprint density at radius 2 is 2.31 bits per heavy atom. The molecule has 16 heavy (non-hydrogen) atoms. The van der Waals surface area contributed by atoms with E-state index in [1.165, 1.54) is 5.56 Å². The van der Waals surface area contributed by atoms with Crippen molar-refractivity contribution in [1.82, 2.24) is 5.32 Å². The molecular formula is C13H17NOS. The van der Waals surface area contributed by atoms with Gasteiger partial charge in [-0.3, -0.25) is 5.32 Å². The minimum absolute atomic E-state index is 0.237. The van der Waals surface area contributed by atoms with Crippen molar-refractivity contribution < 1.29 is 4.74 Å². The van der Waals surface area contributed by atoms with E-state index in [2.05, 4.69) is 36.4 Å². The number of hydrogen-bond acceptors (Lipinski definition) is 3. The standard InChI is InChI=1S/C13H17NOS/c1-5-8-14-10(2)11-6-7-13(16-4)12(9-11)15-3/h1,6-7,9-10,14H,8H2,2-4H3. The first-order chi connectivity index (χ1) is 7.72. The number of hydrogen-bond donors (Lipinski definition) is 1. The molecule has 1 aromatic rings. The molecule has 0 aromatic heterocycles. The molecule has 1 N–H and O–H groups in total. The first-order valence-electron chi connectivity index (χ1n) is 5.11. The van der Waals surface area contributed by atoms with E-state index in [1.54, 1.807) is 18.9 Å². The number of methoxy groups -OCH3 is 1. The summed E-state index contributed by atoms with van der Waals surface area (Å²) in [5.41, 5.74) is 1.19. The van der Waals surface area contributed by atoms with Crippen LogP contribution in [0.15, 0.2) is 23.1 Å². The Hall–Kier alpha value is -1.11. The molecule has 86 valence electrons. The first-order valence-corrected chi connectivity index (χ1v) is 6.34. The number of ether oxygens (including phenoxy) is 1. The molecule has 0 aliphatic carbocycles. The van der Waals surface area contributed by atoms with Crippen molar-refractivity contribution in [2.75, 3.05) is 19.9 Å². The predicted octanol–water partition coefficient (Wildman–Crippen LogP) is 2.70. The van der Waals surface area contributed by atoms with Crippen LogP contribution in [0.2, 0.25) is 0 Å². The molecule has 0 spiro atoms. The molecule has 3 heteroatoms. The van der Waals surface area contributed by atoms with Gasteiger partial charge in [-0.2, -0.15) is 0 Å². The minimum atomic E-state index is 0.237. The van der Waals surface area contributed by atoms with Crippen molar-refractivity contribution in [3.8, 4) is 18.1 Å². The lowest BCUT2D eigenvalue weighted by Gasteiger charge is -2.15. The topological polar surface area (TPSA) is 21.3 Å². The van der Waals surface area contributed by atoms with Gasteiger partial charge in [0, 0.05) is 10.9 Å². The second kappa shape index (κ2) is 6.47. The summed E-state index contributed by atoms with van der Waals surface area (Å²) in [5.74, 6) is 3.49. The largest absolute Gasteiger partial charge is 0.496 e. The van der Waals surface area contributed by atoms with Crippen LogP contribution in [0, 0.1) is 12.3 Å². The summed E-state index contributed by atoms with van der Waals surface area (Å²) < 4.78 is 5.34. The summed E-state index contributed by atoms with van der Waals surface area (Å²) >= 11 is 1.68. The smallest absolute Gasteiger partial charge is 0.132 e. The Kier molecular flexibility index (Phi) is 5.24. The van der Waals surface area contributed by atoms with Crippen LogP contribution in [0.25, 0.3) is 0 Å². The molecule has 1 aromatic carbocycles. The van der Waals surface area contributed by atoms with Crippen LogP contribution in [0.3, 0.4) is 0 Å². The quantitative estimate of drug-likeness (QED) is 0.626. The maximum atomic E-state index is 5.34. The van der Waals surface area contributed by atoms with Crippen LogP contribution >= 0.6 is 11.8 Å². The molecule has 1 atom stereocenters. The molecule has 0 saturated carbocycles. The lowest BCUT2D eigenvalue weighted by molar-refractivity contribution is 0.403. The fourth-order valence-electron chi connectivity index (χ4n) is 1.45. The van der Waals surface area contributed by atoms with Gasteiger partial charge in [-0.15, -0.1) is 18.2 Å². The van der Waals surface area contributed by atoms with E-state index in [0.717, 1.165) is 10.6 Å². The van der Waals surface area contributed by atoms with Crippen molar-refractivity contribution >= 4 is 11.8 Å². The third-order valence-corrected chi connectivity index (χ3v) is 3.20. The maximum absolute atomic E-state index is 5.34. The van der Waals surface area contributed by atoms with Crippen molar-refractivity contribution in [2.45, 2.75) is 17.9 Å².